The number of pyridine rings is 2. The lowest BCUT2D eigenvalue weighted by atomic mass is 10.3. The molecule has 18 heavy (non-hydrogen) atoms. The monoisotopic (exact) mass is 324 g/mol. The predicted octanol–water partition coefficient (Wildman–Crippen LogP) is 3.40. The molecule has 2 rings (SSSR count). The van der Waals surface area contributed by atoms with Gasteiger partial charge in [-0.1, -0.05) is 0 Å². The van der Waals surface area contributed by atoms with Crippen LogP contribution in [0.3, 0.4) is 0 Å². The van der Waals surface area contributed by atoms with Gasteiger partial charge in [0.1, 0.15) is 10.1 Å². The van der Waals surface area contributed by atoms with Gasteiger partial charge in [0.05, 0.1) is 10.0 Å². The van der Waals surface area contributed by atoms with Crippen molar-refractivity contribution in [3.05, 3.63) is 46.2 Å². The van der Waals surface area contributed by atoms with Crippen LogP contribution in [-0.2, 0) is 0 Å². The number of hydrogen-bond donors (Lipinski definition) is 1. The van der Waals surface area contributed by atoms with Crippen molar-refractivity contribution >= 4 is 33.7 Å². The van der Waals surface area contributed by atoms with Crippen molar-refractivity contribution in [2.24, 2.45) is 0 Å². The second kappa shape index (κ2) is 5.49. The summed E-state index contributed by atoms with van der Waals surface area (Å²) in [5, 5.41) is 10.2. The summed E-state index contributed by atoms with van der Waals surface area (Å²) in [5.74, 6) is -0.991. The fourth-order valence-corrected chi connectivity index (χ4v) is 2.72. The molecule has 0 aliphatic heterocycles. The molecular weight excluding hydrogens is 316 g/mol. The molecule has 1 N–H and O–H groups in total. The summed E-state index contributed by atoms with van der Waals surface area (Å²) in [6.07, 6.45) is 3.25. The molecule has 2 aromatic heterocycles. The van der Waals surface area contributed by atoms with Crippen molar-refractivity contribution in [3.63, 3.8) is 0 Å². The van der Waals surface area contributed by atoms with Crippen LogP contribution in [-0.4, -0.2) is 21.0 Å². The van der Waals surface area contributed by atoms with Gasteiger partial charge in [-0.2, -0.15) is 0 Å². The van der Waals surface area contributed by atoms with Gasteiger partial charge in [-0.15, -0.1) is 0 Å². The van der Waals surface area contributed by atoms with Crippen molar-refractivity contribution in [3.8, 4) is 0 Å². The quantitative estimate of drug-likeness (QED) is 0.937. The lowest BCUT2D eigenvalue weighted by molar-refractivity contribution is 0.0692. The van der Waals surface area contributed by atoms with Gasteiger partial charge in [0.15, 0.2) is 0 Å². The molecule has 0 aliphatic rings. The van der Waals surface area contributed by atoms with E-state index in [4.69, 9.17) is 5.11 Å². The second-order valence-electron chi connectivity index (χ2n) is 3.51. The number of carboxylic acid groups (broad SMARTS) is 1. The van der Waals surface area contributed by atoms with Gasteiger partial charge < -0.3 is 5.11 Å². The van der Waals surface area contributed by atoms with Crippen LogP contribution < -0.4 is 0 Å². The minimum Gasteiger partial charge on any atom is -0.478 e. The Hall–Kier alpha value is -1.40. The van der Waals surface area contributed by atoms with E-state index in [1.54, 1.807) is 18.5 Å². The predicted molar refractivity (Wildman–Crippen MR) is 72.0 cm³/mol. The maximum Gasteiger partial charge on any atom is 0.338 e. The molecule has 0 aliphatic carbocycles. The smallest absolute Gasteiger partial charge is 0.338 e. The van der Waals surface area contributed by atoms with Gasteiger partial charge >= 0.3 is 5.97 Å². The van der Waals surface area contributed by atoms with E-state index >= 15 is 0 Å². The molecule has 0 amide bonds. The highest BCUT2D eigenvalue weighted by Crippen LogP contribution is 2.33. The van der Waals surface area contributed by atoms with Gasteiger partial charge in [0.2, 0.25) is 0 Å². The van der Waals surface area contributed by atoms with E-state index in [0.29, 0.717) is 10.1 Å². The van der Waals surface area contributed by atoms with E-state index in [2.05, 4.69) is 25.9 Å². The summed E-state index contributed by atoms with van der Waals surface area (Å²) in [5.41, 5.74) is 1.22. The van der Waals surface area contributed by atoms with Crippen LogP contribution >= 0.6 is 27.7 Å². The van der Waals surface area contributed by atoms with E-state index in [-0.39, 0.29) is 5.56 Å². The number of halogens is 1. The fourth-order valence-electron chi connectivity index (χ4n) is 1.31. The molecule has 0 radical (unpaired) electrons. The van der Waals surface area contributed by atoms with Gasteiger partial charge in [0, 0.05) is 12.4 Å². The molecule has 2 heterocycles. The second-order valence-corrected chi connectivity index (χ2v) is 5.28. The summed E-state index contributed by atoms with van der Waals surface area (Å²) in [4.78, 5) is 19.4. The molecule has 0 atom stereocenters. The Morgan fingerprint density at radius 3 is 2.72 bits per heavy atom. The van der Waals surface area contributed by atoms with Crippen LogP contribution in [0.25, 0.3) is 0 Å². The van der Waals surface area contributed by atoms with Crippen LogP contribution in [0.1, 0.15) is 15.9 Å². The summed E-state index contributed by atoms with van der Waals surface area (Å²) in [7, 11) is 0. The zero-order chi connectivity index (χ0) is 13.1. The molecule has 92 valence electrons. The first-order chi connectivity index (χ1) is 8.59. The highest BCUT2D eigenvalue weighted by atomic mass is 79.9. The molecular formula is C12H9BrN2O2S. The van der Waals surface area contributed by atoms with E-state index in [1.165, 1.54) is 17.8 Å². The average molecular weight is 325 g/mol. The Labute approximate surface area is 117 Å². The Kier molecular flexibility index (Phi) is 3.98. The molecule has 0 fully saturated rings. The molecule has 6 heteroatoms. The molecule has 4 nitrogen and oxygen atoms in total. The van der Waals surface area contributed by atoms with Crippen molar-refractivity contribution in [2.45, 2.75) is 17.0 Å². The van der Waals surface area contributed by atoms with E-state index in [0.717, 1.165) is 10.0 Å². The number of aromatic nitrogens is 2. The Bertz CT molecular complexity index is 604. The van der Waals surface area contributed by atoms with Crippen LogP contribution in [0.2, 0.25) is 0 Å². The number of aryl methyl sites for hydroxylation is 1. The first-order valence-electron chi connectivity index (χ1n) is 5.07. The number of carbonyl (C=O) groups is 1. The first-order valence-corrected chi connectivity index (χ1v) is 6.68. The average Bonchev–Trinajstić information content (AvgIpc) is 2.35. The topological polar surface area (TPSA) is 63.1 Å². The molecule has 0 saturated heterocycles. The maximum absolute atomic E-state index is 11.1. The van der Waals surface area contributed by atoms with Crippen molar-refractivity contribution in [1.29, 1.82) is 0 Å². The molecule has 0 spiro atoms. The third-order valence-electron chi connectivity index (χ3n) is 2.25. The normalized spacial score (nSPS) is 10.3. The summed E-state index contributed by atoms with van der Waals surface area (Å²) in [6.45, 7) is 1.95. The minimum atomic E-state index is -0.991. The fraction of sp³-hybridized carbons (Fsp3) is 0.0833. The standard InChI is InChI=1S/C12H9BrN2O2S/c1-7-4-6-15-11(9(7)13)18-10-8(12(16)17)3-2-5-14-10/h2-6H,1H3,(H,16,17). The van der Waals surface area contributed by atoms with Crippen LogP contribution in [0.4, 0.5) is 0 Å². The summed E-state index contributed by atoms with van der Waals surface area (Å²) < 4.78 is 0.858. The Morgan fingerprint density at radius 1 is 1.28 bits per heavy atom. The number of carboxylic acids is 1. The zero-order valence-electron chi connectivity index (χ0n) is 9.42. The lowest BCUT2D eigenvalue weighted by Crippen LogP contribution is -2.00. The van der Waals surface area contributed by atoms with Crippen molar-refractivity contribution < 1.29 is 9.90 Å². The number of hydrogen-bond acceptors (Lipinski definition) is 4. The van der Waals surface area contributed by atoms with Gasteiger partial charge in [-0.25, -0.2) is 14.8 Å². The lowest BCUT2D eigenvalue weighted by Gasteiger charge is -2.06. The highest BCUT2D eigenvalue weighted by molar-refractivity contribution is 9.10. The number of aromatic carboxylic acids is 1. The SMILES string of the molecule is Cc1ccnc(Sc2ncccc2C(=O)O)c1Br. The minimum absolute atomic E-state index is 0.178. The third-order valence-corrected chi connectivity index (χ3v) is 4.53. The molecule has 0 aromatic carbocycles. The van der Waals surface area contributed by atoms with E-state index in [9.17, 15) is 4.79 Å². The maximum atomic E-state index is 11.1. The van der Waals surface area contributed by atoms with Gasteiger partial charge in [-0.3, -0.25) is 0 Å². The van der Waals surface area contributed by atoms with Crippen LogP contribution in [0, 0.1) is 6.92 Å². The largest absolute Gasteiger partial charge is 0.478 e. The summed E-state index contributed by atoms with van der Waals surface area (Å²) in [6, 6.07) is 5.01. The molecule has 0 saturated carbocycles. The Morgan fingerprint density at radius 2 is 2.00 bits per heavy atom. The van der Waals surface area contributed by atoms with Crippen molar-refractivity contribution in [1.82, 2.24) is 9.97 Å². The van der Waals surface area contributed by atoms with Crippen molar-refractivity contribution in [2.75, 3.05) is 0 Å². The first kappa shape index (κ1) is 13.0. The molecule has 0 bridgehead atoms. The third kappa shape index (κ3) is 2.70. The highest BCUT2D eigenvalue weighted by Gasteiger charge is 2.14. The summed E-state index contributed by atoms with van der Waals surface area (Å²) >= 11 is 4.67. The van der Waals surface area contributed by atoms with E-state index < -0.39 is 5.97 Å². The molecule has 0 unspecified atom stereocenters. The number of rotatable bonds is 3. The number of nitrogens with zero attached hydrogens (tertiary/aromatic N) is 2. The van der Waals surface area contributed by atoms with Crippen LogP contribution in [0.5, 0.6) is 0 Å². The van der Waals surface area contributed by atoms with E-state index in [1.807, 2.05) is 13.0 Å². The Balaban J connectivity index is 2.40. The zero-order valence-corrected chi connectivity index (χ0v) is 11.8. The van der Waals surface area contributed by atoms with Gasteiger partial charge in [0.25, 0.3) is 0 Å². The van der Waals surface area contributed by atoms with Crippen LogP contribution in [0.15, 0.2) is 45.1 Å². The van der Waals surface area contributed by atoms with Gasteiger partial charge in [-0.05, 0) is 58.4 Å². The molecule has 2 aromatic rings.